The summed E-state index contributed by atoms with van der Waals surface area (Å²) in [5.41, 5.74) is -0.985. The van der Waals surface area contributed by atoms with E-state index < -0.39 is 15.6 Å². The van der Waals surface area contributed by atoms with Gasteiger partial charge < -0.3 is 5.11 Å². The van der Waals surface area contributed by atoms with Crippen molar-refractivity contribution < 1.29 is 13.5 Å². The monoisotopic (exact) mass is 195 g/mol. The van der Waals surface area contributed by atoms with E-state index in [0.29, 0.717) is 6.42 Å². The van der Waals surface area contributed by atoms with Crippen molar-refractivity contribution in [3.05, 3.63) is 0 Å². The van der Waals surface area contributed by atoms with Crippen LogP contribution in [0.4, 0.5) is 0 Å². The number of hydrogen-bond acceptors (Lipinski definition) is 3. The van der Waals surface area contributed by atoms with Crippen LogP contribution in [0.5, 0.6) is 0 Å². The highest BCUT2D eigenvalue weighted by Gasteiger charge is 2.16. The topological polar surface area (TPSA) is 66.4 Å². The summed E-state index contributed by atoms with van der Waals surface area (Å²) in [6.07, 6.45) is 0.585. The molecule has 0 radical (unpaired) electrons. The van der Waals surface area contributed by atoms with Crippen LogP contribution in [0.15, 0.2) is 0 Å². The number of nitrogens with one attached hydrogen (secondary N) is 1. The third kappa shape index (κ3) is 6.57. The molecule has 0 atom stereocenters. The molecular weight excluding hydrogens is 178 g/mol. The first kappa shape index (κ1) is 11.9. The Balaban J connectivity index is 3.94. The van der Waals surface area contributed by atoms with E-state index in [4.69, 9.17) is 0 Å². The van der Waals surface area contributed by atoms with Crippen LogP contribution >= 0.6 is 0 Å². The van der Waals surface area contributed by atoms with Crippen molar-refractivity contribution >= 4 is 10.0 Å². The maximum Gasteiger partial charge on any atom is 0.211 e. The van der Waals surface area contributed by atoms with Gasteiger partial charge in [0.1, 0.15) is 0 Å². The number of aliphatic hydroxyl groups is 1. The molecular formula is C7H17NO3S. The second kappa shape index (κ2) is 4.20. The third-order valence-corrected chi connectivity index (χ3v) is 2.73. The number of sulfonamides is 1. The summed E-state index contributed by atoms with van der Waals surface area (Å²) in [5, 5.41) is 9.22. The minimum atomic E-state index is -3.17. The first-order valence-corrected chi connectivity index (χ1v) is 5.62. The van der Waals surface area contributed by atoms with Gasteiger partial charge in [-0.05, 0) is 20.3 Å². The minimum absolute atomic E-state index is 0.0648. The molecule has 4 nitrogen and oxygen atoms in total. The largest absolute Gasteiger partial charge is 0.389 e. The highest BCUT2D eigenvalue weighted by molar-refractivity contribution is 7.89. The van der Waals surface area contributed by atoms with Gasteiger partial charge in [0.05, 0.1) is 11.4 Å². The maximum atomic E-state index is 11.1. The summed E-state index contributed by atoms with van der Waals surface area (Å²) in [7, 11) is -3.17. The van der Waals surface area contributed by atoms with Crippen LogP contribution in [-0.2, 0) is 10.0 Å². The predicted molar refractivity (Wildman–Crippen MR) is 48.4 cm³/mol. The van der Waals surface area contributed by atoms with E-state index in [1.807, 2.05) is 0 Å². The minimum Gasteiger partial charge on any atom is -0.389 e. The van der Waals surface area contributed by atoms with Gasteiger partial charge in [-0.2, -0.15) is 0 Å². The van der Waals surface area contributed by atoms with Gasteiger partial charge in [-0.25, -0.2) is 13.1 Å². The molecule has 12 heavy (non-hydrogen) atoms. The van der Waals surface area contributed by atoms with Gasteiger partial charge in [0.25, 0.3) is 0 Å². The Kier molecular flexibility index (Phi) is 4.16. The van der Waals surface area contributed by atoms with Gasteiger partial charge in [-0.3, -0.25) is 0 Å². The number of hydrogen-bond donors (Lipinski definition) is 2. The van der Waals surface area contributed by atoms with E-state index >= 15 is 0 Å². The lowest BCUT2D eigenvalue weighted by molar-refractivity contribution is 0.0857. The van der Waals surface area contributed by atoms with Crippen LogP contribution < -0.4 is 4.72 Å². The molecule has 0 aromatic heterocycles. The van der Waals surface area contributed by atoms with Crippen molar-refractivity contribution in [2.75, 3.05) is 12.3 Å². The van der Waals surface area contributed by atoms with E-state index in [2.05, 4.69) is 4.72 Å². The van der Waals surface area contributed by atoms with Gasteiger partial charge >= 0.3 is 0 Å². The normalized spacial score (nSPS) is 13.3. The lowest BCUT2D eigenvalue weighted by Crippen LogP contribution is -2.39. The van der Waals surface area contributed by atoms with E-state index in [-0.39, 0.29) is 12.3 Å². The van der Waals surface area contributed by atoms with Crippen molar-refractivity contribution in [1.82, 2.24) is 4.72 Å². The summed E-state index contributed by atoms with van der Waals surface area (Å²) in [4.78, 5) is 0. The van der Waals surface area contributed by atoms with Gasteiger partial charge in [0.2, 0.25) is 10.0 Å². The maximum absolute atomic E-state index is 11.1. The van der Waals surface area contributed by atoms with E-state index in [1.54, 1.807) is 20.8 Å². The Hall–Kier alpha value is -0.130. The zero-order valence-corrected chi connectivity index (χ0v) is 8.61. The van der Waals surface area contributed by atoms with Crippen molar-refractivity contribution in [2.45, 2.75) is 32.8 Å². The molecule has 74 valence electrons. The van der Waals surface area contributed by atoms with Gasteiger partial charge in [-0.15, -0.1) is 0 Å². The first-order chi connectivity index (χ1) is 5.27. The van der Waals surface area contributed by atoms with Gasteiger partial charge in [0.15, 0.2) is 0 Å². The summed E-state index contributed by atoms with van der Waals surface area (Å²) >= 11 is 0. The Morgan fingerprint density at radius 2 is 1.92 bits per heavy atom. The second-order valence-electron chi connectivity index (χ2n) is 3.45. The predicted octanol–water partition coefficient (Wildman–Crippen LogP) is 0.0867. The molecule has 0 spiro atoms. The van der Waals surface area contributed by atoms with Crippen molar-refractivity contribution in [2.24, 2.45) is 0 Å². The molecule has 2 N–H and O–H groups in total. The lowest BCUT2D eigenvalue weighted by Gasteiger charge is -2.17. The Labute approximate surface area is 74.0 Å². The fourth-order valence-electron chi connectivity index (χ4n) is 0.627. The highest BCUT2D eigenvalue weighted by atomic mass is 32.2. The van der Waals surface area contributed by atoms with Crippen molar-refractivity contribution in [1.29, 1.82) is 0 Å². The molecule has 0 saturated heterocycles. The van der Waals surface area contributed by atoms with E-state index in [9.17, 15) is 13.5 Å². The van der Waals surface area contributed by atoms with Crippen molar-refractivity contribution in [3.8, 4) is 0 Å². The van der Waals surface area contributed by atoms with Gasteiger partial charge in [-0.1, -0.05) is 6.92 Å². The smallest absolute Gasteiger partial charge is 0.211 e. The quantitative estimate of drug-likeness (QED) is 0.653. The van der Waals surface area contributed by atoms with Crippen LogP contribution in [0.3, 0.4) is 0 Å². The Morgan fingerprint density at radius 1 is 1.42 bits per heavy atom. The number of rotatable bonds is 5. The summed E-state index contributed by atoms with van der Waals surface area (Å²) in [6.45, 7) is 4.97. The third-order valence-electron chi connectivity index (χ3n) is 1.20. The highest BCUT2D eigenvalue weighted by Crippen LogP contribution is 1.99. The average molecular weight is 195 g/mol. The van der Waals surface area contributed by atoms with E-state index in [0.717, 1.165) is 0 Å². The fourth-order valence-corrected chi connectivity index (χ4v) is 1.88. The standard InChI is InChI=1S/C7H17NO3S/c1-4-5-12(10,11)8-6-7(2,3)9/h8-9H,4-6H2,1-3H3. The first-order valence-electron chi connectivity index (χ1n) is 3.96. The van der Waals surface area contributed by atoms with Gasteiger partial charge in [0, 0.05) is 6.54 Å². The zero-order chi connectivity index (χ0) is 9.83. The molecule has 0 fully saturated rings. The molecule has 0 unspecified atom stereocenters. The molecule has 0 aromatic rings. The van der Waals surface area contributed by atoms with Crippen LogP contribution in [0, 0.1) is 0 Å². The fraction of sp³-hybridized carbons (Fsp3) is 1.00. The average Bonchev–Trinajstić information content (AvgIpc) is 1.83. The van der Waals surface area contributed by atoms with E-state index in [1.165, 1.54) is 0 Å². The second-order valence-corrected chi connectivity index (χ2v) is 5.38. The molecule has 0 amide bonds. The lowest BCUT2D eigenvalue weighted by atomic mass is 10.1. The van der Waals surface area contributed by atoms with Crippen LogP contribution in [0.25, 0.3) is 0 Å². The Bertz CT molecular complexity index is 215. The molecule has 0 aromatic carbocycles. The summed E-state index contributed by atoms with van der Waals surface area (Å²) in [6, 6.07) is 0. The van der Waals surface area contributed by atoms with Crippen molar-refractivity contribution in [3.63, 3.8) is 0 Å². The SMILES string of the molecule is CCCS(=O)(=O)NCC(C)(C)O. The molecule has 0 aliphatic carbocycles. The molecule has 0 aliphatic heterocycles. The molecule has 0 rings (SSSR count). The van der Waals surface area contributed by atoms with Crippen LogP contribution in [-0.4, -0.2) is 31.4 Å². The van der Waals surface area contributed by atoms with Crippen LogP contribution in [0.2, 0.25) is 0 Å². The Morgan fingerprint density at radius 3 is 2.25 bits per heavy atom. The molecule has 5 heteroatoms. The summed E-state index contributed by atoms with van der Waals surface area (Å²) in [5.74, 6) is 0.114. The molecule has 0 bridgehead atoms. The summed E-state index contributed by atoms with van der Waals surface area (Å²) < 4.78 is 24.4. The molecule has 0 aliphatic rings. The zero-order valence-electron chi connectivity index (χ0n) is 7.79. The van der Waals surface area contributed by atoms with Crippen LogP contribution in [0.1, 0.15) is 27.2 Å². The molecule has 0 heterocycles. The molecule has 0 saturated carbocycles.